The summed E-state index contributed by atoms with van der Waals surface area (Å²) in [6.07, 6.45) is 0.505. The van der Waals surface area contributed by atoms with E-state index in [1.165, 1.54) is 0 Å². The van der Waals surface area contributed by atoms with Crippen molar-refractivity contribution in [3.63, 3.8) is 0 Å². The highest BCUT2D eigenvalue weighted by atomic mass is 16.2. The fraction of sp³-hybridized carbons (Fsp3) is 0.462. The molecule has 0 aromatic heterocycles. The molecule has 92 valence electrons. The predicted octanol–water partition coefficient (Wildman–Crippen LogP) is 1.57. The number of nitrogens with two attached hydrogens (primary N) is 1. The number of fused-ring (bicyclic) bond motifs is 1. The number of anilines is 2. The van der Waals surface area contributed by atoms with E-state index in [1.54, 1.807) is 4.90 Å². The van der Waals surface area contributed by atoms with Crippen LogP contribution in [0.3, 0.4) is 0 Å². The first kappa shape index (κ1) is 11.9. The summed E-state index contributed by atoms with van der Waals surface area (Å²) in [5.74, 6) is 0.126. The van der Waals surface area contributed by atoms with Crippen LogP contribution >= 0.6 is 0 Å². The fourth-order valence-electron chi connectivity index (χ4n) is 2.01. The zero-order chi connectivity index (χ0) is 12.5. The van der Waals surface area contributed by atoms with Crippen molar-refractivity contribution in [1.82, 2.24) is 0 Å². The molecule has 1 aliphatic rings. The molecular formula is C13H19N3O. The summed E-state index contributed by atoms with van der Waals surface area (Å²) in [6, 6.07) is 7.85. The van der Waals surface area contributed by atoms with Crippen molar-refractivity contribution in [3.05, 3.63) is 24.3 Å². The Morgan fingerprint density at radius 2 is 2.12 bits per heavy atom. The van der Waals surface area contributed by atoms with Crippen LogP contribution in [0.2, 0.25) is 0 Å². The molecule has 1 aromatic rings. The first-order valence-corrected chi connectivity index (χ1v) is 5.89. The van der Waals surface area contributed by atoms with Gasteiger partial charge in [-0.05, 0) is 26.0 Å². The maximum absolute atomic E-state index is 12.1. The van der Waals surface area contributed by atoms with Crippen molar-refractivity contribution < 1.29 is 4.79 Å². The number of hydrogen-bond acceptors (Lipinski definition) is 3. The fourth-order valence-corrected chi connectivity index (χ4v) is 2.01. The Morgan fingerprint density at radius 3 is 2.82 bits per heavy atom. The highest BCUT2D eigenvalue weighted by Gasteiger charge is 2.26. The quantitative estimate of drug-likeness (QED) is 0.815. The third-order valence-corrected chi connectivity index (χ3v) is 2.72. The van der Waals surface area contributed by atoms with Gasteiger partial charge in [-0.3, -0.25) is 4.79 Å². The zero-order valence-electron chi connectivity index (χ0n) is 10.4. The minimum Gasteiger partial charge on any atom is -0.383 e. The van der Waals surface area contributed by atoms with Crippen LogP contribution < -0.4 is 16.0 Å². The lowest BCUT2D eigenvalue weighted by molar-refractivity contribution is -0.118. The highest BCUT2D eigenvalue weighted by Crippen LogP contribution is 2.29. The van der Waals surface area contributed by atoms with Gasteiger partial charge >= 0.3 is 0 Å². The van der Waals surface area contributed by atoms with E-state index in [0.29, 0.717) is 19.5 Å². The first-order valence-electron chi connectivity index (χ1n) is 5.89. The van der Waals surface area contributed by atoms with E-state index in [2.05, 4.69) is 5.32 Å². The lowest BCUT2D eigenvalue weighted by Gasteiger charge is -2.29. The highest BCUT2D eigenvalue weighted by molar-refractivity contribution is 5.98. The number of amides is 1. The van der Waals surface area contributed by atoms with Gasteiger partial charge in [0.25, 0.3) is 0 Å². The van der Waals surface area contributed by atoms with Crippen LogP contribution in [0.25, 0.3) is 0 Å². The molecule has 0 spiro atoms. The SMILES string of the molecule is CC(C)(N)CN1C(=O)CCNc2ccccc21. The molecule has 1 amide bonds. The minimum absolute atomic E-state index is 0.126. The minimum atomic E-state index is -0.396. The average molecular weight is 233 g/mol. The van der Waals surface area contributed by atoms with Gasteiger partial charge in [0, 0.05) is 25.0 Å². The molecule has 17 heavy (non-hydrogen) atoms. The Kier molecular flexibility index (Phi) is 3.07. The van der Waals surface area contributed by atoms with Gasteiger partial charge in [0.1, 0.15) is 0 Å². The number of carbonyl (C=O) groups is 1. The summed E-state index contributed by atoms with van der Waals surface area (Å²) < 4.78 is 0. The second-order valence-corrected chi connectivity index (χ2v) is 5.16. The molecule has 0 saturated heterocycles. The molecule has 3 N–H and O–H groups in total. The summed E-state index contributed by atoms with van der Waals surface area (Å²) in [7, 11) is 0. The summed E-state index contributed by atoms with van der Waals surface area (Å²) in [6.45, 7) is 5.07. The summed E-state index contributed by atoms with van der Waals surface area (Å²) >= 11 is 0. The van der Waals surface area contributed by atoms with Gasteiger partial charge in [-0.1, -0.05) is 12.1 Å². The van der Waals surface area contributed by atoms with Crippen molar-refractivity contribution in [2.24, 2.45) is 5.73 Å². The third-order valence-electron chi connectivity index (χ3n) is 2.72. The van der Waals surface area contributed by atoms with Crippen molar-refractivity contribution in [3.8, 4) is 0 Å². The Balaban J connectivity index is 2.37. The number of rotatable bonds is 2. The normalized spacial score (nSPS) is 16.2. The second kappa shape index (κ2) is 4.37. The van der Waals surface area contributed by atoms with Crippen molar-refractivity contribution in [1.29, 1.82) is 0 Å². The molecule has 1 aromatic carbocycles. The Hall–Kier alpha value is -1.55. The number of hydrogen-bond donors (Lipinski definition) is 2. The van der Waals surface area contributed by atoms with Gasteiger partial charge in [-0.25, -0.2) is 0 Å². The number of nitrogens with one attached hydrogen (secondary N) is 1. The van der Waals surface area contributed by atoms with E-state index in [1.807, 2.05) is 38.1 Å². The van der Waals surface area contributed by atoms with Crippen LogP contribution in [0.5, 0.6) is 0 Å². The van der Waals surface area contributed by atoms with E-state index in [0.717, 1.165) is 11.4 Å². The molecule has 4 heteroatoms. The molecule has 0 radical (unpaired) electrons. The molecule has 2 rings (SSSR count). The third kappa shape index (κ3) is 2.77. The van der Waals surface area contributed by atoms with E-state index >= 15 is 0 Å². The molecule has 1 heterocycles. The molecule has 1 aliphatic heterocycles. The molecule has 0 fully saturated rings. The molecule has 0 unspecified atom stereocenters. The summed E-state index contributed by atoms with van der Waals surface area (Å²) in [5, 5.41) is 3.27. The number of benzene rings is 1. The molecule has 0 saturated carbocycles. The molecular weight excluding hydrogens is 214 g/mol. The van der Waals surface area contributed by atoms with Crippen molar-refractivity contribution in [2.45, 2.75) is 25.8 Å². The maximum Gasteiger partial charge on any atom is 0.228 e. The van der Waals surface area contributed by atoms with Gasteiger partial charge in [-0.15, -0.1) is 0 Å². The summed E-state index contributed by atoms with van der Waals surface area (Å²) in [5.41, 5.74) is 7.55. The molecule has 0 aliphatic carbocycles. The van der Waals surface area contributed by atoms with E-state index < -0.39 is 5.54 Å². The zero-order valence-corrected chi connectivity index (χ0v) is 10.4. The first-order chi connectivity index (χ1) is 7.97. The summed E-state index contributed by atoms with van der Waals surface area (Å²) in [4.78, 5) is 13.9. The molecule has 4 nitrogen and oxygen atoms in total. The number of carbonyl (C=O) groups excluding carboxylic acids is 1. The van der Waals surface area contributed by atoms with Gasteiger partial charge in [0.05, 0.1) is 11.4 Å². The number of para-hydroxylation sites is 2. The van der Waals surface area contributed by atoms with Crippen molar-refractivity contribution >= 4 is 17.3 Å². The van der Waals surface area contributed by atoms with Crippen LogP contribution in [-0.4, -0.2) is 24.5 Å². The Morgan fingerprint density at radius 1 is 1.41 bits per heavy atom. The van der Waals surface area contributed by atoms with Gasteiger partial charge in [-0.2, -0.15) is 0 Å². The van der Waals surface area contributed by atoms with Gasteiger partial charge < -0.3 is 16.0 Å². The predicted molar refractivity (Wildman–Crippen MR) is 70.2 cm³/mol. The van der Waals surface area contributed by atoms with Crippen molar-refractivity contribution in [2.75, 3.05) is 23.3 Å². The average Bonchev–Trinajstić information content (AvgIpc) is 2.38. The smallest absolute Gasteiger partial charge is 0.228 e. The number of nitrogens with zero attached hydrogens (tertiary/aromatic N) is 1. The molecule has 0 bridgehead atoms. The van der Waals surface area contributed by atoms with E-state index in [4.69, 9.17) is 5.73 Å². The second-order valence-electron chi connectivity index (χ2n) is 5.16. The van der Waals surface area contributed by atoms with E-state index in [-0.39, 0.29) is 5.91 Å². The Labute approximate surface area is 102 Å². The van der Waals surface area contributed by atoms with Crippen LogP contribution in [0.15, 0.2) is 24.3 Å². The maximum atomic E-state index is 12.1. The topological polar surface area (TPSA) is 58.4 Å². The lowest BCUT2D eigenvalue weighted by Crippen LogP contribution is -2.47. The Bertz CT molecular complexity index is 423. The van der Waals surface area contributed by atoms with Crippen LogP contribution in [0, 0.1) is 0 Å². The largest absolute Gasteiger partial charge is 0.383 e. The van der Waals surface area contributed by atoms with Crippen LogP contribution in [-0.2, 0) is 4.79 Å². The van der Waals surface area contributed by atoms with E-state index in [9.17, 15) is 4.79 Å². The van der Waals surface area contributed by atoms with Gasteiger partial charge in [0.15, 0.2) is 0 Å². The monoisotopic (exact) mass is 233 g/mol. The molecule has 0 atom stereocenters. The lowest BCUT2D eigenvalue weighted by atomic mass is 10.1. The standard InChI is InChI=1S/C13H19N3O/c1-13(2,14)9-16-11-6-4-3-5-10(11)15-8-7-12(16)17/h3-6,15H,7-9,14H2,1-2H3. The van der Waals surface area contributed by atoms with Gasteiger partial charge in [0.2, 0.25) is 5.91 Å². The van der Waals surface area contributed by atoms with Crippen LogP contribution in [0.4, 0.5) is 11.4 Å². The van der Waals surface area contributed by atoms with Crippen LogP contribution in [0.1, 0.15) is 20.3 Å².